The first-order valence-corrected chi connectivity index (χ1v) is 7.82. The van der Waals surface area contributed by atoms with Crippen molar-refractivity contribution in [3.63, 3.8) is 0 Å². The Balaban J connectivity index is 1.89. The van der Waals surface area contributed by atoms with Gasteiger partial charge in [-0.3, -0.25) is 14.0 Å². The first kappa shape index (κ1) is 13.0. The molecule has 1 saturated carbocycles. The van der Waals surface area contributed by atoms with Gasteiger partial charge in [0.25, 0.3) is 10.0 Å². The smallest absolute Gasteiger partial charge is 0.268 e. The highest BCUT2D eigenvalue weighted by Gasteiger charge is 2.26. The fourth-order valence-electron chi connectivity index (χ4n) is 2.04. The Kier molecular flexibility index (Phi) is 3.17. The van der Waals surface area contributed by atoms with Crippen LogP contribution in [0, 0.1) is 0 Å². The summed E-state index contributed by atoms with van der Waals surface area (Å²) in [7, 11) is -2.18. The molecule has 106 valence electrons. The second-order valence-corrected chi connectivity index (χ2v) is 6.75. The van der Waals surface area contributed by atoms with Gasteiger partial charge in [0.05, 0.1) is 18.4 Å². The molecule has 0 atom stereocenters. The summed E-state index contributed by atoms with van der Waals surface area (Å²) in [6, 6.07) is 0.334. The van der Waals surface area contributed by atoms with E-state index in [1.54, 1.807) is 10.9 Å². The van der Waals surface area contributed by atoms with E-state index in [2.05, 4.69) is 15.1 Å². The Morgan fingerprint density at radius 2 is 2.10 bits per heavy atom. The van der Waals surface area contributed by atoms with Crippen molar-refractivity contribution in [3.8, 4) is 0 Å². The summed E-state index contributed by atoms with van der Waals surface area (Å²) in [5.41, 5.74) is 0. The summed E-state index contributed by atoms with van der Waals surface area (Å²) in [6.45, 7) is 0. The first-order valence-electron chi connectivity index (χ1n) is 6.38. The van der Waals surface area contributed by atoms with Crippen LogP contribution in [0.4, 0.5) is 5.82 Å². The van der Waals surface area contributed by atoms with E-state index >= 15 is 0 Å². The van der Waals surface area contributed by atoms with Gasteiger partial charge in [-0.15, -0.1) is 0 Å². The molecule has 1 aliphatic carbocycles. The Hall–Kier alpha value is -1.96. The minimum Gasteiger partial charge on any atom is -0.268 e. The van der Waals surface area contributed by atoms with Crippen LogP contribution >= 0.6 is 0 Å². The van der Waals surface area contributed by atoms with Crippen molar-refractivity contribution in [2.75, 3.05) is 11.4 Å². The summed E-state index contributed by atoms with van der Waals surface area (Å²) in [5, 5.41) is 4.16. The quantitative estimate of drug-likeness (QED) is 0.846. The molecule has 8 heteroatoms. The number of hydrogen-bond donors (Lipinski definition) is 0. The maximum absolute atomic E-state index is 12.5. The van der Waals surface area contributed by atoms with E-state index in [4.69, 9.17) is 0 Å². The molecule has 0 unspecified atom stereocenters. The molecule has 1 aliphatic rings. The van der Waals surface area contributed by atoms with Crippen molar-refractivity contribution >= 4 is 15.8 Å². The predicted molar refractivity (Wildman–Crippen MR) is 72.7 cm³/mol. The van der Waals surface area contributed by atoms with Gasteiger partial charge >= 0.3 is 0 Å². The van der Waals surface area contributed by atoms with Crippen LogP contribution < -0.4 is 4.31 Å². The van der Waals surface area contributed by atoms with Crippen molar-refractivity contribution in [2.24, 2.45) is 0 Å². The number of anilines is 1. The number of rotatable bonds is 4. The first-order chi connectivity index (χ1) is 9.59. The summed E-state index contributed by atoms with van der Waals surface area (Å²) in [4.78, 5) is 8.05. The molecule has 0 radical (unpaired) electrons. The second kappa shape index (κ2) is 4.86. The van der Waals surface area contributed by atoms with E-state index in [0.29, 0.717) is 6.04 Å². The van der Waals surface area contributed by atoms with Crippen molar-refractivity contribution in [3.05, 3.63) is 31.0 Å². The maximum Gasteiger partial charge on any atom is 0.268 e. The fraction of sp³-hybridized carbons (Fsp3) is 0.417. The molecule has 2 aromatic rings. The number of nitrogens with zero attached hydrogens (tertiary/aromatic N) is 5. The maximum atomic E-state index is 12.5. The molecule has 2 heterocycles. The molecule has 20 heavy (non-hydrogen) atoms. The molecule has 0 bridgehead atoms. The van der Waals surface area contributed by atoms with Gasteiger partial charge in [-0.25, -0.2) is 13.4 Å². The Labute approximate surface area is 117 Å². The van der Waals surface area contributed by atoms with E-state index in [0.717, 1.165) is 17.1 Å². The molecule has 0 spiro atoms. The molecule has 1 fully saturated rings. The highest BCUT2D eigenvalue weighted by atomic mass is 32.2. The van der Waals surface area contributed by atoms with Crippen LogP contribution in [0.2, 0.25) is 0 Å². The lowest BCUT2D eigenvalue weighted by atomic mass is 9.93. The number of hydrogen-bond acceptors (Lipinski definition) is 5. The highest BCUT2D eigenvalue weighted by molar-refractivity contribution is 7.92. The Bertz CT molecular complexity index is 694. The largest absolute Gasteiger partial charge is 0.268 e. The third kappa shape index (κ3) is 2.15. The van der Waals surface area contributed by atoms with Gasteiger partial charge in [0.2, 0.25) is 0 Å². The SMILES string of the molecule is CN(c1cnccn1)S(=O)(=O)c1cnn(C2CCC2)c1. The zero-order valence-corrected chi connectivity index (χ0v) is 11.9. The highest BCUT2D eigenvalue weighted by Crippen LogP contribution is 2.31. The van der Waals surface area contributed by atoms with E-state index in [1.807, 2.05) is 0 Å². The van der Waals surface area contributed by atoms with Crippen molar-refractivity contribution in [1.82, 2.24) is 19.7 Å². The summed E-state index contributed by atoms with van der Waals surface area (Å²) >= 11 is 0. The summed E-state index contributed by atoms with van der Waals surface area (Å²) in [5.74, 6) is 0.281. The molecule has 3 rings (SSSR count). The molecular weight excluding hydrogens is 278 g/mol. The van der Waals surface area contributed by atoms with Gasteiger partial charge in [0, 0.05) is 25.6 Å². The van der Waals surface area contributed by atoms with Crippen LogP contribution in [-0.2, 0) is 10.0 Å². The van der Waals surface area contributed by atoms with Gasteiger partial charge in [-0.05, 0) is 19.3 Å². The molecule has 0 saturated heterocycles. The number of aromatic nitrogens is 4. The lowest BCUT2D eigenvalue weighted by molar-refractivity contribution is 0.289. The van der Waals surface area contributed by atoms with Crippen LogP contribution in [-0.4, -0.2) is 35.2 Å². The van der Waals surface area contributed by atoms with Crippen LogP contribution in [0.3, 0.4) is 0 Å². The van der Waals surface area contributed by atoms with E-state index in [1.165, 1.54) is 38.3 Å². The number of sulfonamides is 1. The lowest BCUT2D eigenvalue weighted by Gasteiger charge is -2.25. The standard InChI is InChI=1S/C12H15N5O2S/c1-16(12-8-13-5-6-14-12)20(18,19)11-7-15-17(9-11)10-3-2-4-10/h5-10H,2-4H2,1H3. The van der Waals surface area contributed by atoms with Gasteiger partial charge in [0.15, 0.2) is 5.82 Å². The van der Waals surface area contributed by atoms with Gasteiger partial charge < -0.3 is 0 Å². The van der Waals surface area contributed by atoms with E-state index < -0.39 is 10.0 Å². The molecule has 0 amide bonds. The summed E-state index contributed by atoms with van der Waals surface area (Å²) in [6.07, 6.45) is 10.6. The van der Waals surface area contributed by atoms with Gasteiger partial charge in [-0.1, -0.05) is 0 Å². The van der Waals surface area contributed by atoms with Gasteiger partial charge in [-0.2, -0.15) is 5.10 Å². The topological polar surface area (TPSA) is 81.0 Å². The zero-order chi connectivity index (χ0) is 14.2. The van der Waals surface area contributed by atoms with Crippen LogP contribution in [0.5, 0.6) is 0 Å². The molecule has 0 aliphatic heterocycles. The fourth-order valence-corrected chi connectivity index (χ4v) is 3.12. The van der Waals surface area contributed by atoms with E-state index in [9.17, 15) is 8.42 Å². The van der Waals surface area contributed by atoms with Crippen molar-refractivity contribution in [1.29, 1.82) is 0 Å². The molecule has 0 N–H and O–H groups in total. The van der Waals surface area contributed by atoms with Crippen LogP contribution in [0.25, 0.3) is 0 Å². The van der Waals surface area contributed by atoms with E-state index in [-0.39, 0.29) is 10.7 Å². The second-order valence-electron chi connectivity index (χ2n) is 4.78. The average Bonchev–Trinajstić information content (AvgIpc) is 2.87. The third-order valence-corrected chi connectivity index (χ3v) is 5.27. The van der Waals surface area contributed by atoms with Crippen LogP contribution in [0.15, 0.2) is 35.9 Å². The van der Waals surface area contributed by atoms with Crippen molar-refractivity contribution < 1.29 is 8.42 Å². The average molecular weight is 293 g/mol. The minimum atomic E-state index is -3.64. The molecule has 0 aromatic carbocycles. The lowest BCUT2D eigenvalue weighted by Crippen LogP contribution is -2.27. The monoisotopic (exact) mass is 293 g/mol. The minimum absolute atomic E-state index is 0.178. The third-order valence-electron chi connectivity index (χ3n) is 3.56. The normalized spacial score (nSPS) is 15.8. The Morgan fingerprint density at radius 1 is 1.30 bits per heavy atom. The zero-order valence-electron chi connectivity index (χ0n) is 11.0. The van der Waals surface area contributed by atoms with Crippen molar-refractivity contribution in [2.45, 2.75) is 30.2 Å². The molecular formula is C12H15N5O2S. The van der Waals surface area contributed by atoms with Gasteiger partial charge in [0.1, 0.15) is 4.90 Å². The predicted octanol–water partition coefficient (Wildman–Crippen LogP) is 1.22. The van der Waals surface area contributed by atoms with Crippen LogP contribution in [0.1, 0.15) is 25.3 Å². The molecule has 7 nitrogen and oxygen atoms in total. The summed E-state index contributed by atoms with van der Waals surface area (Å²) < 4.78 is 27.8. The Morgan fingerprint density at radius 3 is 2.70 bits per heavy atom. The molecule has 2 aromatic heterocycles.